The number of aryl methyl sites for hydroxylation is 1. The third kappa shape index (κ3) is 4.39. The summed E-state index contributed by atoms with van der Waals surface area (Å²) in [6.45, 7) is 5.39. The first-order valence-electron chi connectivity index (χ1n) is 11.4. The van der Waals surface area contributed by atoms with Gasteiger partial charge < -0.3 is 9.64 Å². The Balaban J connectivity index is 1.36. The van der Waals surface area contributed by atoms with Crippen LogP contribution in [-0.4, -0.2) is 43.0 Å². The van der Waals surface area contributed by atoms with E-state index in [9.17, 15) is 4.79 Å². The standard InChI is InChI=1S/C26H26N6O2/c1-3-20-14-25(23-15-32(17(2)33)13-12-24(23)27-20)34-16-18-8-10-19(11-9-18)21-6-4-5-7-22(21)26-28-30-31-29-26/h4-11,14H,3,12-13,15-16H2,1-2H3,(H,28,29,30,31). The summed E-state index contributed by atoms with van der Waals surface area (Å²) in [5.74, 6) is 1.46. The topological polar surface area (TPSA) is 96.9 Å². The lowest BCUT2D eigenvalue weighted by Gasteiger charge is -2.29. The second-order valence-corrected chi connectivity index (χ2v) is 8.35. The molecule has 8 nitrogen and oxygen atoms in total. The van der Waals surface area contributed by atoms with Crippen molar-refractivity contribution in [3.8, 4) is 28.3 Å². The number of tetrazole rings is 1. The van der Waals surface area contributed by atoms with E-state index in [4.69, 9.17) is 9.72 Å². The van der Waals surface area contributed by atoms with Gasteiger partial charge in [-0.25, -0.2) is 0 Å². The van der Waals surface area contributed by atoms with Crippen molar-refractivity contribution in [1.29, 1.82) is 0 Å². The molecule has 172 valence electrons. The fourth-order valence-corrected chi connectivity index (χ4v) is 4.27. The Labute approximate surface area is 198 Å². The zero-order chi connectivity index (χ0) is 23.5. The Kier molecular flexibility index (Phi) is 6.03. The number of ether oxygens (including phenoxy) is 1. The van der Waals surface area contributed by atoms with E-state index in [-0.39, 0.29) is 5.91 Å². The molecule has 0 saturated heterocycles. The fraction of sp³-hybridized carbons (Fsp3) is 0.269. The summed E-state index contributed by atoms with van der Waals surface area (Å²) in [4.78, 5) is 18.5. The van der Waals surface area contributed by atoms with Crippen molar-refractivity contribution in [3.63, 3.8) is 0 Å². The maximum absolute atomic E-state index is 11.9. The van der Waals surface area contributed by atoms with Crippen molar-refractivity contribution in [2.75, 3.05) is 6.54 Å². The quantitative estimate of drug-likeness (QED) is 0.473. The molecule has 5 rings (SSSR count). The number of nitrogens with zero attached hydrogens (tertiary/aromatic N) is 5. The van der Waals surface area contributed by atoms with Crippen LogP contribution in [0.2, 0.25) is 0 Å². The third-order valence-electron chi connectivity index (χ3n) is 6.17. The molecule has 0 aliphatic carbocycles. The number of carbonyl (C=O) groups excluding carboxylic acids is 1. The maximum Gasteiger partial charge on any atom is 0.219 e. The van der Waals surface area contributed by atoms with E-state index >= 15 is 0 Å². The molecule has 0 spiro atoms. The molecule has 1 aliphatic rings. The van der Waals surface area contributed by atoms with Crippen LogP contribution in [-0.2, 0) is 30.8 Å². The molecular weight excluding hydrogens is 428 g/mol. The molecule has 0 fully saturated rings. The molecule has 1 amide bonds. The van der Waals surface area contributed by atoms with E-state index < -0.39 is 0 Å². The van der Waals surface area contributed by atoms with Crippen molar-refractivity contribution >= 4 is 5.91 Å². The number of benzene rings is 2. The van der Waals surface area contributed by atoms with Crippen LogP contribution in [0.1, 0.15) is 36.4 Å². The van der Waals surface area contributed by atoms with Gasteiger partial charge in [-0.3, -0.25) is 9.78 Å². The number of carbonyl (C=O) groups is 1. The molecule has 8 heteroatoms. The molecule has 2 aromatic carbocycles. The molecule has 3 heterocycles. The number of amides is 1. The number of hydrogen-bond donors (Lipinski definition) is 1. The van der Waals surface area contributed by atoms with Gasteiger partial charge in [-0.15, -0.1) is 10.2 Å². The van der Waals surface area contributed by atoms with E-state index in [0.717, 1.165) is 57.8 Å². The van der Waals surface area contributed by atoms with Crippen LogP contribution in [0.5, 0.6) is 5.75 Å². The summed E-state index contributed by atoms with van der Waals surface area (Å²) in [6, 6.07) is 18.3. The number of pyridine rings is 1. The lowest BCUT2D eigenvalue weighted by Crippen LogP contribution is -2.35. The van der Waals surface area contributed by atoms with Gasteiger partial charge in [0.15, 0.2) is 0 Å². The van der Waals surface area contributed by atoms with Gasteiger partial charge in [-0.1, -0.05) is 55.5 Å². The van der Waals surface area contributed by atoms with Crippen molar-refractivity contribution in [3.05, 3.63) is 77.1 Å². The van der Waals surface area contributed by atoms with Gasteiger partial charge in [0, 0.05) is 42.8 Å². The van der Waals surface area contributed by atoms with Gasteiger partial charge in [0.25, 0.3) is 0 Å². The summed E-state index contributed by atoms with van der Waals surface area (Å²) < 4.78 is 6.28. The first-order valence-corrected chi connectivity index (χ1v) is 11.4. The molecule has 1 aliphatic heterocycles. The predicted octanol–water partition coefficient (Wildman–Crippen LogP) is 3.97. The zero-order valence-corrected chi connectivity index (χ0v) is 19.3. The summed E-state index contributed by atoms with van der Waals surface area (Å²) in [6.07, 6.45) is 1.60. The number of rotatable bonds is 6. The van der Waals surface area contributed by atoms with E-state index in [0.29, 0.717) is 25.5 Å². The van der Waals surface area contributed by atoms with Gasteiger partial charge in [0.05, 0.1) is 12.2 Å². The van der Waals surface area contributed by atoms with Crippen LogP contribution in [0.15, 0.2) is 54.6 Å². The number of aromatic nitrogens is 5. The lowest BCUT2D eigenvalue weighted by atomic mass is 9.98. The normalized spacial score (nSPS) is 12.9. The summed E-state index contributed by atoms with van der Waals surface area (Å²) in [5.41, 5.74) is 7.16. The highest BCUT2D eigenvalue weighted by molar-refractivity contribution is 5.80. The molecule has 2 aromatic heterocycles. The fourth-order valence-electron chi connectivity index (χ4n) is 4.27. The molecular formula is C26H26N6O2. The molecule has 4 aromatic rings. The predicted molar refractivity (Wildman–Crippen MR) is 128 cm³/mol. The second kappa shape index (κ2) is 9.43. The minimum Gasteiger partial charge on any atom is -0.488 e. The molecule has 0 atom stereocenters. The average molecular weight is 455 g/mol. The zero-order valence-electron chi connectivity index (χ0n) is 19.3. The Morgan fingerprint density at radius 1 is 1.12 bits per heavy atom. The SMILES string of the molecule is CCc1cc(OCc2ccc(-c3ccccc3-c3nn[nH]n3)cc2)c2c(n1)CCN(C(C)=O)C2. The Morgan fingerprint density at radius 2 is 1.91 bits per heavy atom. The van der Waals surface area contributed by atoms with Crippen LogP contribution >= 0.6 is 0 Å². The summed E-state index contributed by atoms with van der Waals surface area (Å²) in [5, 5.41) is 14.4. The van der Waals surface area contributed by atoms with Gasteiger partial charge in [0.1, 0.15) is 12.4 Å². The van der Waals surface area contributed by atoms with Crippen LogP contribution in [0.25, 0.3) is 22.5 Å². The average Bonchev–Trinajstić information content (AvgIpc) is 3.42. The highest BCUT2D eigenvalue weighted by Gasteiger charge is 2.23. The van der Waals surface area contributed by atoms with Crippen LogP contribution in [0, 0.1) is 0 Å². The maximum atomic E-state index is 11.9. The van der Waals surface area contributed by atoms with E-state index in [1.807, 2.05) is 35.2 Å². The molecule has 0 unspecified atom stereocenters. The number of nitrogens with one attached hydrogen (secondary N) is 1. The molecule has 1 N–H and O–H groups in total. The minimum atomic E-state index is 0.0767. The molecule has 34 heavy (non-hydrogen) atoms. The summed E-state index contributed by atoms with van der Waals surface area (Å²) in [7, 11) is 0. The largest absolute Gasteiger partial charge is 0.488 e. The van der Waals surface area contributed by atoms with Crippen molar-refractivity contribution in [1.82, 2.24) is 30.5 Å². The van der Waals surface area contributed by atoms with Crippen molar-refractivity contribution < 1.29 is 9.53 Å². The Bertz CT molecular complexity index is 1300. The minimum absolute atomic E-state index is 0.0767. The smallest absolute Gasteiger partial charge is 0.219 e. The van der Waals surface area contributed by atoms with Gasteiger partial charge in [-0.05, 0) is 28.3 Å². The summed E-state index contributed by atoms with van der Waals surface area (Å²) >= 11 is 0. The molecule has 0 radical (unpaired) electrons. The number of aromatic amines is 1. The molecule has 0 bridgehead atoms. The van der Waals surface area contributed by atoms with Crippen molar-refractivity contribution in [2.24, 2.45) is 0 Å². The van der Waals surface area contributed by atoms with Crippen LogP contribution in [0.4, 0.5) is 0 Å². The van der Waals surface area contributed by atoms with Crippen molar-refractivity contribution in [2.45, 2.75) is 39.8 Å². The van der Waals surface area contributed by atoms with E-state index in [1.54, 1.807) is 6.92 Å². The Hall–Kier alpha value is -4.07. The van der Waals surface area contributed by atoms with Crippen LogP contribution < -0.4 is 4.74 Å². The second-order valence-electron chi connectivity index (χ2n) is 8.35. The monoisotopic (exact) mass is 454 g/mol. The first-order chi connectivity index (χ1) is 16.6. The van der Waals surface area contributed by atoms with Crippen LogP contribution in [0.3, 0.4) is 0 Å². The number of H-pyrrole nitrogens is 1. The first kappa shape index (κ1) is 21.8. The molecule has 0 saturated carbocycles. The highest BCUT2D eigenvalue weighted by Crippen LogP contribution is 2.31. The highest BCUT2D eigenvalue weighted by atomic mass is 16.5. The Morgan fingerprint density at radius 3 is 2.62 bits per heavy atom. The lowest BCUT2D eigenvalue weighted by molar-refractivity contribution is -0.129. The number of fused-ring (bicyclic) bond motifs is 1. The van der Waals surface area contributed by atoms with Gasteiger partial charge in [-0.2, -0.15) is 5.21 Å². The number of hydrogen-bond acceptors (Lipinski definition) is 6. The van der Waals surface area contributed by atoms with Gasteiger partial charge >= 0.3 is 0 Å². The van der Waals surface area contributed by atoms with E-state index in [2.05, 4.69) is 51.8 Å². The van der Waals surface area contributed by atoms with E-state index in [1.165, 1.54) is 0 Å². The third-order valence-corrected chi connectivity index (χ3v) is 6.17. The van der Waals surface area contributed by atoms with Gasteiger partial charge in [0.2, 0.25) is 11.7 Å².